The van der Waals surface area contributed by atoms with Crippen LogP contribution in [-0.4, -0.2) is 24.9 Å². The van der Waals surface area contributed by atoms with Crippen molar-refractivity contribution in [2.45, 2.75) is 19.6 Å². The summed E-state index contributed by atoms with van der Waals surface area (Å²) >= 11 is 0. The molecule has 0 heterocycles. The van der Waals surface area contributed by atoms with Crippen LogP contribution in [0, 0.1) is 0 Å². The number of nitrogens with one attached hydrogen (secondary N) is 1. The Kier molecular flexibility index (Phi) is 10.3. The van der Waals surface area contributed by atoms with E-state index >= 15 is 0 Å². The highest BCUT2D eigenvalue weighted by atomic mass is 35.5. The molecule has 0 unspecified atom stereocenters. The summed E-state index contributed by atoms with van der Waals surface area (Å²) in [6.45, 7) is 1.90. The SMILES string of the molecule is CN(C)Cc1cccc(CNC(=O)c2ccc(CN)cc2)c1.Cl.Cl. The molecule has 0 spiro atoms. The third-order valence-corrected chi connectivity index (χ3v) is 3.40. The molecular weight excluding hydrogens is 345 g/mol. The highest BCUT2D eigenvalue weighted by Crippen LogP contribution is 2.08. The van der Waals surface area contributed by atoms with Gasteiger partial charge in [-0.1, -0.05) is 36.4 Å². The van der Waals surface area contributed by atoms with E-state index in [1.54, 1.807) is 12.1 Å². The highest BCUT2D eigenvalue weighted by molar-refractivity contribution is 5.94. The molecule has 1 amide bonds. The van der Waals surface area contributed by atoms with E-state index in [0.29, 0.717) is 18.7 Å². The van der Waals surface area contributed by atoms with Crippen LogP contribution in [0.15, 0.2) is 48.5 Å². The molecule has 0 atom stereocenters. The van der Waals surface area contributed by atoms with Gasteiger partial charge >= 0.3 is 0 Å². The lowest BCUT2D eigenvalue weighted by Gasteiger charge is -2.11. The summed E-state index contributed by atoms with van der Waals surface area (Å²) < 4.78 is 0. The lowest BCUT2D eigenvalue weighted by molar-refractivity contribution is 0.0951. The van der Waals surface area contributed by atoms with Crippen LogP contribution in [0.2, 0.25) is 0 Å². The Morgan fingerprint density at radius 2 is 1.62 bits per heavy atom. The van der Waals surface area contributed by atoms with Crippen molar-refractivity contribution < 1.29 is 4.79 Å². The zero-order valence-electron chi connectivity index (χ0n) is 14.0. The molecule has 24 heavy (non-hydrogen) atoms. The first-order chi connectivity index (χ1) is 10.6. The van der Waals surface area contributed by atoms with Crippen LogP contribution in [0.25, 0.3) is 0 Å². The Bertz CT molecular complexity index is 630. The molecule has 0 saturated carbocycles. The van der Waals surface area contributed by atoms with Crippen LogP contribution in [0.3, 0.4) is 0 Å². The minimum absolute atomic E-state index is 0. The molecule has 3 N–H and O–H groups in total. The number of nitrogens with zero attached hydrogens (tertiary/aromatic N) is 1. The number of amides is 1. The zero-order valence-corrected chi connectivity index (χ0v) is 15.6. The van der Waals surface area contributed by atoms with Crippen molar-refractivity contribution in [3.63, 3.8) is 0 Å². The number of benzene rings is 2. The molecule has 0 aliphatic heterocycles. The third-order valence-electron chi connectivity index (χ3n) is 3.40. The average Bonchev–Trinajstić information content (AvgIpc) is 2.52. The van der Waals surface area contributed by atoms with Gasteiger partial charge in [0.2, 0.25) is 0 Å². The van der Waals surface area contributed by atoms with Gasteiger partial charge in [0, 0.05) is 25.2 Å². The largest absolute Gasteiger partial charge is 0.348 e. The van der Waals surface area contributed by atoms with Crippen molar-refractivity contribution in [2.75, 3.05) is 14.1 Å². The van der Waals surface area contributed by atoms with Crippen LogP contribution in [0.1, 0.15) is 27.0 Å². The summed E-state index contributed by atoms with van der Waals surface area (Å²) in [5, 5.41) is 2.95. The van der Waals surface area contributed by atoms with E-state index in [4.69, 9.17) is 5.73 Å². The van der Waals surface area contributed by atoms with Crippen LogP contribution >= 0.6 is 24.8 Å². The van der Waals surface area contributed by atoms with Crippen LogP contribution in [-0.2, 0) is 19.6 Å². The fourth-order valence-electron chi connectivity index (χ4n) is 2.28. The molecule has 2 aromatic carbocycles. The number of nitrogens with two attached hydrogens (primary N) is 1. The summed E-state index contributed by atoms with van der Waals surface area (Å²) in [7, 11) is 4.08. The second kappa shape index (κ2) is 11.0. The number of hydrogen-bond acceptors (Lipinski definition) is 3. The molecule has 2 aromatic rings. The van der Waals surface area contributed by atoms with E-state index in [-0.39, 0.29) is 30.7 Å². The normalized spacial score (nSPS) is 9.83. The van der Waals surface area contributed by atoms with Gasteiger partial charge in [-0.05, 0) is 42.9 Å². The molecular formula is C18H25Cl2N3O. The average molecular weight is 370 g/mol. The number of carbonyl (C=O) groups excluding carboxylic acids is 1. The Morgan fingerprint density at radius 1 is 1.00 bits per heavy atom. The molecule has 0 aliphatic carbocycles. The molecule has 0 radical (unpaired) electrons. The quantitative estimate of drug-likeness (QED) is 0.822. The van der Waals surface area contributed by atoms with Gasteiger partial charge in [-0.2, -0.15) is 0 Å². The molecule has 6 heteroatoms. The number of rotatable bonds is 6. The third kappa shape index (κ3) is 6.89. The van der Waals surface area contributed by atoms with Crippen molar-refractivity contribution in [1.29, 1.82) is 0 Å². The van der Waals surface area contributed by atoms with E-state index in [1.807, 2.05) is 38.4 Å². The molecule has 2 rings (SSSR count). The maximum atomic E-state index is 12.1. The first-order valence-corrected chi connectivity index (χ1v) is 7.38. The molecule has 0 saturated heterocycles. The van der Waals surface area contributed by atoms with E-state index in [9.17, 15) is 4.79 Å². The van der Waals surface area contributed by atoms with Gasteiger partial charge in [0.1, 0.15) is 0 Å². The minimum Gasteiger partial charge on any atom is -0.348 e. The van der Waals surface area contributed by atoms with E-state index in [0.717, 1.165) is 17.7 Å². The van der Waals surface area contributed by atoms with Crippen molar-refractivity contribution in [3.8, 4) is 0 Å². The van der Waals surface area contributed by atoms with E-state index in [2.05, 4.69) is 22.3 Å². The van der Waals surface area contributed by atoms with Crippen LogP contribution in [0.4, 0.5) is 0 Å². The van der Waals surface area contributed by atoms with Gasteiger partial charge in [-0.25, -0.2) is 0 Å². The van der Waals surface area contributed by atoms with Crippen LogP contribution < -0.4 is 11.1 Å². The second-order valence-corrected chi connectivity index (χ2v) is 5.64. The second-order valence-electron chi connectivity index (χ2n) is 5.64. The summed E-state index contributed by atoms with van der Waals surface area (Å²) in [5.74, 6) is -0.0680. The Balaban J connectivity index is 0.00000264. The molecule has 0 aliphatic rings. The molecule has 0 bridgehead atoms. The van der Waals surface area contributed by atoms with E-state index in [1.165, 1.54) is 5.56 Å². The van der Waals surface area contributed by atoms with Gasteiger partial charge in [-0.15, -0.1) is 24.8 Å². The van der Waals surface area contributed by atoms with Gasteiger partial charge in [0.25, 0.3) is 5.91 Å². The predicted molar refractivity (Wildman–Crippen MR) is 104 cm³/mol. The van der Waals surface area contributed by atoms with Crippen molar-refractivity contribution >= 4 is 30.7 Å². The summed E-state index contributed by atoms with van der Waals surface area (Å²) in [5.41, 5.74) is 9.57. The zero-order chi connectivity index (χ0) is 15.9. The van der Waals surface area contributed by atoms with Gasteiger partial charge < -0.3 is 16.0 Å². The summed E-state index contributed by atoms with van der Waals surface area (Å²) in [6.07, 6.45) is 0. The molecule has 0 aromatic heterocycles. The highest BCUT2D eigenvalue weighted by Gasteiger charge is 2.05. The maximum absolute atomic E-state index is 12.1. The first-order valence-electron chi connectivity index (χ1n) is 7.38. The number of halogens is 2. The smallest absolute Gasteiger partial charge is 0.251 e. The van der Waals surface area contributed by atoms with Crippen molar-refractivity contribution in [3.05, 3.63) is 70.8 Å². The van der Waals surface area contributed by atoms with Crippen molar-refractivity contribution in [1.82, 2.24) is 10.2 Å². The van der Waals surface area contributed by atoms with Gasteiger partial charge in [-0.3, -0.25) is 4.79 Å². The molecule has 132 valence electrons. The number of carbonyl (C=O) groups is 1. The lowest BCUT2D eigenvalue weighted by atomic mass is 10.1. The lowest BCUT2D eigenvalue weighted by Crippen LogP contribution is -2.23. The fraction of sp³-hybridized carbons (Fsp3) is 0.278. The Hall–Kier alpha value is -1.59. The first kappa shape index (κ1) is 22.4. The molecule has 0 fully saturated rings. The van der Waals surface area contributed by atoms with Crippen molar-refractivity contribution in [2.24, 2.45) is 5.73 Å². The fourth-order valence-corrected chi connectivity index (χ4v) is 2.28. The maximum Gasteiger partial charge on any atom is 0.251 e. The van der Waals surface area contributed by atoms with Gasteiger partial charge in [0.15, 0.2) is 0 Å². The van der Waals surface area contributed by atoms with E-state index < -0.39 is 0 Å². The van der Waals surface area contributed by atoms with Crippen LogP contribution in [0.5, 0.6) is 0 Å². The number of hydrogen-bond donors (Lipinski definition) is 2. The molecule has 4 nitrogen and oxygen atoms in total. The minimum atomic E-state index is -0.0680. The summed E-state index contributed by atoms with van der Waals surface area (Å²) in [6, 6.07) is 15.6. The standard InChI is InChI=1S/C18H23N3O.2ClH/c1-21(2)13-16-5-3-4-15(10-16)12-20-18(22)17-8-6-14(11-19)7-9-17;;/h3-10H,11-13,19H2,1-2H3,(H,20,22);2*1H. The predicted octanol–water partition coefficient (Wildman–Crippen LogP) is 2.98. The topological polar surface area (TPSA) is 58.4 Å². The Morgan fingerprint density at radius 3 is 2.21 bits per heavy atom. The summed E-state index contributed by atoms with van der Waals surface area (Å²) in [4.78, 5) is 14.3. The monoisotopic (exact) mass is 369 g/mol. The Labute approximate surface area is 156 Å². The van der Waals surface area contributed by atoms with Gasteiger partial charge in [0.05, 0.1) is 0 Å².